The Balaban J connectivity index is 2.54. The Morgan fingerprint density at radius 3 is 2.29 bits per heavy atom. The van der Waals surface area contributed by atoms with Crippen LogP contribution < -0.4 is 16.0 Å². The number of carbonyl (C=O) groups is 2. The van der Waals surface area contributed by atoms with Crippen molar-refractivity contribution in [3.8, 4) is 0 Å². The van der Waals surface area contributed by atoms with E-state index in [0.29, 0.717) is 17.8 Å². The molecule has 0 aliphatic carbocycles. The lowest BCUT2D eigenvalue weighted by molar-refractivity contribution is -0.114. The Labute approximate surface area is 101 Å². The fraction of sp³-hybridized carbons (Fsp3) is 0.333. The van der Waals surface area contributed by atoms with Crippen molar-refractivity contribution in [1.82, 2.24) is 10.6 Å². The molecule has 0 aliphatic heterocycles. The summed E-state index contributed by atoms with van der Waals surface area (Å²) in [7, 11) is 1.83. The number of benzene rings is 1. The van der Waals surface area contributed by atoms with Gasteiger partial charge in [-0.05, 0) is 31.3 Å². The van der Waals surface area contributed by atoms with Gasteiger partial charge in [-0.15, -0.1) is 0 Å². The molecule has 1 aromatic rings. The van der Waals surface area contributed by atoms with Gasteiger partial charge in [-0.2, -0.15) is 0 Å². The molecule has 3 N–H and O–H groups in total. The summed E-state index contributed by atoms with van der Waals surface area (Å²) in [4.78, 5) is 22.4. The molecule has 0 saturated heterocycles. The van der Waals surface area contributed by atoms with Gasteiger partial charge in [0.05, 0.1) is 0 Å². The maximum atomic E-state index is 11.6. The first-order chi connectivity index (χ1) is 8.13. The SMILES string of the molecule is CNCCNC(=O)c1ccc(NC(C)=O)cc1. The van der Waals surface area contributed by atoms with Gasteiger partial charge in [0.1, 0.15) is 0 Å². The van der Waals surface area contributed by atoms with Gasteiger partial charge in [-0.1, -0.05) is 0 Å². The second-order valence-electron chi connectivity index (χ2n) is 3.62. The summed E-state index contributed by atoms with van der Waals surface area (Å²) in [5.74, 6) is -0.245. The summed E-state index contributed by atoms with van der Waals surface area (Å²) in [5.41, 5.74) is 1.26. The minimum Gasteiger partial charge on any atom is -0.351 e. The molecule has 0 spiro atoms. The Hall–Kier alpha value is -1.88. The van der Waals surface area contributed by atoms with E-state index in [0.717, 1.165) is 6.54 Å². The highest BCUT2D eigenvalue weighted by atomic mass is 16.2. The zero-order valence-corrected chi connectivity index (χ0v) is 10.0. The Kier molecular flexibility index (Phi) is 5.16. The van der Waals surface area contributed by atoms with Crippen molar-refractivity contribution in [2.24, 2.45) is 0 Å². The van der Waals surface area contributed by atoms with Gasteiger partial charge in [0.25, 0.3) is 5.91 Å². The molecule has 0 radical (unpaired) electrons. The number of rotatable bonds is 5. The number of hydrogen-bond acceptors (Lipinski definition) is 3. The fourth-order valence-corrected chi connectivity index (χ4v) is 1.31. The standard InChI is InChI=1S/C12H17N3O2/c1-9(16)15-11-5-3-10(4-6-11)12(17)14-8-7-13-2/h3-6,13H,7-8H2,1-2H3,(H,14,17)(H,15,16). The van der Waals surface area contributed by atoms with E-state index < -0.39 is 0 Å². The lowest BCUT2D eigenvalue weighted by atomic mass is 10.2. The van der Waals surface area contributed by atoms with E-state index in [1.54, 1.807) is 24.3 Å². The van der Waals surface area contributed by atoms with Crippen LogP contribution in [-0.2, 0) is 4.79 Å². The first-order valence-electron chi connectivity index (χ1n) is 5.44. The van der Waals surface area contributed by atoms with Crippen LogP contribution in [0.2, 0.25) is 0 Å². The smallest absolute Gasteiger partial charge is 0.251 e. The highest BCUT2D eigenvalue weighted by Gasteiger charge is 2.04. The molecule has 17 heavy (non-hydrogen) atoms. The molecule has 0 saturated carbocycles. The third kappa shape index (κ3) is 4.65. The molecule has 0 unspecified atom stereocenters. The Bertz CT molecular complexity index is 387. The molecular formula is C12H17N3O2. The molecule has 5 heteroatoms. The van der Waals surface area contributed by atoms with E-state index in [9.17, 15) is 9.59 Å². The van der Waals surface area contributed by atoms with Crippen LogP contribution >= 0.6 is 0 Å². The van der Waals surface area contributed by atoms with Crippen molar-refractivity contribution in [3.63, 3.8) is 0 Å². The highest BCUT2D eigenvalue weighted by Crippen LogP contribution is 2.09. The number of carbonyl (C=O) groups excluding carboxylic acids is 2. The highest BCUT2D eigenvalue weighted by molar-refractivity contribution is 5.95. The Morgan fingerprint density at radius 1 is 1.12 bits per heavy atom. The molecule has 2 amide bonds. The number of amides is 2. The van der Waals surface area contributed by atoms with Crippen LogP contribution in [0.15, 0.2) is 24.3 Å². The molecule has 1 rings (SSSR count). The third-order valence-corrected chi connectivity index (χ3v) is 2.13. The largest absolute Gasteiger partial charge is 0.351 e. The first kappa shape index (κ1) is 13.2. The minimum absolute atomic E-state index is 0.116. The van der Waals surface area contributed by atoms with Crippen LogP contribution in [0.5, 0.6) is 0 Å². The quantitative estimate of drug-likeness (QED) is 0.654. The number of hydrogen-bond donors (Lipinski definition) is 3. The van der Waals surface area contributed by atoms with Crippen molar-refractivity contribution in [2.45, 2.75) is 6.92 Å². The van der Waals surface area contributed by atoms with Crippen LogP contribution in [0.1, 0.15) is 17.3 Å². The second kappa shape index (κ2) is 6.65. The van der Waals surface area contributed by atoms with Crippen molar-refractivity contribution in [1.29, 1.82) is 0 Å². The monoisotopic (exact) mass is 235 g/mol. The lowest BCUT2D eigenvalue weighted by Gasteiger charge is -2.06. The maximum absolute atomic E-state index is 11.6. The molecular weight excluding hydrogens is 218 g/mol. The van der Waals surface area contributed by atoms with E-state index in [2.05, 4.69) is 16.0 Å². The predicted molar refractivity (Wildman–Crippen MR) is 67.0 cm³/mol. The van der Waals surface area contributed by atoms with Gasteiger partial charge >= 0.3 is 0 Å². The minimum atomic E-state index is -0.128. The van der Waals surface area contributed by atoms with Crippen molar-refractivity contribution >= 4 is 17.5 Å². The third-order valence-electron chi connectivity index (χ3n) is 2.13. The van der Waals surface area contributed by atoms with E-state index >= 15 is 0 Å². The first-order valence-corrected chi connectivity index (χ1v) is 5.44. The molecule has 0 aromatic heterocycles. The molecule has 5 nitrogen and oxygen atoms in total. The van der Waals surface area contributed by atoms with Gasteiger partial charge in [0, 0.05) is 31.3 Å². The number of anilines is 1. The van der Waals surface area contributed by atoms with E-state index in [4.69, 9.17) is 0 Å². The summed E-state index contributed by atoms with van der Waals surface area (Å²) >= 11 is 0. The number of nitrogens with one attached hydrogen (secondary N) is 3. The van der Waals surface area contributed by atoms with E-state index in [1.165, 1.54) is 6.92 Å². The maximum Gasteiger partial charge on any atom is 0.251 e. The molecule has 0 fully saturated rings. The molecule has 1 aromatic carbocycles. The summed E-state index contributed by atoms with van der Waals surface area (Å²) in [6, 6.07) is 6.77. The van der Waals surface area contributed by atoms with Crippen molar-refractivity contribution in [3.05, 3.63) is 29.8 Å². The molecule has 92 valence electrons. The number of likely N-dealkylation sites (N-methyl/N-ethyl adjacent to an activating group) is 1. The summed E-state index contributed by atoms with van der Waals surface area (Å²) in [6.07, 6.45) is 0. The zero-order chi connectivity index (χ0) is 12.7. The fourth-order valence-electron chi connectivity index (χ4n) is 1.31. The predicted octanol–water partition coefficient (Wildman–Crippen LogP) is 0.594. The van der Waals surface area contributed by atoms with E-state index in [1.807, 2.05) is 7.05 Å². The van der Waals surface area contributed by atoms with Crippen molar-refractivity contribution < 1.29 is 9.59 Å². The van der Waals surface area contributed by atoms with Crippen LogP contribution in [0.25, 0.3) is 0 Å². The molecule has 0 bridgehead atoms. The molecule has 0 atom stereocenters. The van der Waals surface area contributed by atoms with Gasteiger partial charge in [-0.3, -0.25) is 9.59 Å². The van der Waals surface area contributed by atoms with Crippen LogP contribution in [0, 0.1) is 0 Å². The van der Waals surface area contributed by atoms with Gasteiger partial charge in [-0.25, -0.2) is 0 Å². The molecule has 0 aliphatic rings. The van der Waals surface area contributed by atoms with Gasteiger partial charge in [0.2, 0.25) is 5.91 Å². The van der Waals surface area contributed by atoms with Crippen molar-refractivity contribution in [2.75, 3.05) is 25.5 Å². The average molecular weight is 235 g/mol. The zero-order valence-electron chi connectivity index (χ0n) is 10.0. The summed E-state index contributed by atoms with van der Waals surface area (Å²) in [6.45, 7) is 2.76. The van der Waals surface area contributed by atoms with Gasteiger partial charge in [0.15, 0.2) is 0 Å². The topological polar surface area (TPSA) is 70.2 Å². The Morgan fingerprint density at radius 2 is 1.76 bits per heavy atom. The lowest BCUT2D eigenvalue weighted by Crippen LogP contribution is -2.30. The van der Waals surface area contributed by atoms with Crippen LogP contribution in [0.4, 0.5) is 5.69 Å². The molecule has 0 heterocycles. The van der Waals surface area contributed by atoms with Gasteiger partial charge < -0.3 is 16.0 Å². The normalized spacial score (nSPS) is 9.76. The average Bonchev–Trinajstić information content (AvgIpc) is 2.29. The second-order valence-corrected chi connectivity index (χ2v) is 3.62. The summed E-state index contributed by atoms with van der Waals surface area (Å²) < 4.78 is 0. The van der Waals surface area contributed by atoms with E-state index in [-0.39, 0.29) is 11.8 Å². The summed E-state index contributed by atoms with van der Waals surface area (Å²) in [5, 5.41) is 8.36. The van der Waals surface area contributed by atoms with Crippen LogP contribution in [-0.4, -0.2) is 32.0 Å². The van der Waals surface area contributed by atoms with Crippen LogP contribution in [0.3, 0.4) is 0 Å².